The van der Waals surface area contributed by atoms with E-state index in [1.165, 1.54) is 0 Å². The van der Waals surface area contributed by atoms with Crippen molar-refractivity contribution in [3.8, 4) is 23.1 Å². The van der Waals surface area contributed by atoms with E-state index in [-0.39, 0.29) is 66.1 Å². The van der Waals surface area contributed by atoms with Gasteiger partial charge in [0.25, 0.3) is 0 Å². The van der Waals surface area contributed by atoms with Crippen molar-refractivity contribution >= 4 is 39.3 Å². The van der Waals surface area contributed by atoms with Gasteiger partial charge in [-0.3, -0.25) is 10.2 Å². The number of hydrogen-bond acceptors (Lipinski definition) is 10. The van der Waals surface area contributed by atoms with Crippen LogP contribution in [0.25, 0.3) is 32.9 Å². The summed E-state index contributed by atoms with van der Waals surface area (Å²) in [6.45, 7) is 12.3. The number of rotatable bonds is 5. The number of halogens is 5. The number of amides is 1. The molecule has 16 heteroatoms. The highest BCUT2D eigenvalue weighted by atomic mass is 19.2. The summed E-state index contributed by atoms with van der Waals surface area (Å²) in [7, 11) is 0. The van der Waals surface area contributed by atoms with Crippen molar-refractivity contribution in [3.63, 3.8) is 0 Å². The van der Waals surface area contributed by atoms with Gasteiger partial charge in [-0.15, -0.1) is 0 Å². The van der Waals surface area contributed by atoms with Crippen molar-refractivity contribution in [1.82, 2.24) is 25.2 Å². The third kappa shape index (κ3) is 5.73. The number of piperazine rings is 1. The Bertz CT molecular complexity index is 2310. The van der Waals surface area contributed by atoms with E-state index in [0.29, 0.717) is 25.3 Å². The highest BCUT2D eigenvalue weighted by Crippen LogP contribution is 2.47. The minimum atomic E-state index is -1.45. The molecule has 290 valence electrons. The molecular weight excluding hydrogens is 725 g/mol. The van der Waals surface area contributed by atoms with Crippen LogP contribution >= 0.6 is 0 Å². The standard InChI is InChI=1S/C39H40F5N7O4/c1-17-10-11-50-14-19(40)13-39(17,50)16-53-36-48-32-27-34(49-36)51-15-20-6-9-24(45-20)33(51)18(2)54-35(27)47-31(30(32)44)22-12-25(46-37(52)55-38(3,4)5)28(42)21-7-8-23(41)29(43)26(21)22/h7-8,12,18-20,24,33,45H,1,6,9-11,13-16H2,2-5H3,(H,46,52)/t18-,19+,20+,24-,33+,39?/m0/s1. The van der Waals surface area contributed by atoms with Gasteiger partial charge >= 0.3 is 12.1 Å². The van der Waals surface area contributed by atoms with Gasteiger partial charge in [-0.05, 0) is 65.2 Å². The first kappa shape index (κ1) is 35.8. The van der Waals surface area contributed by atoms with Gasteiger partial charge in [0.2, 0.25) is 5.88 Å². The summed E-state index contributed by atoms with van der Waals surface area (Å²) in [6.07, 6.45) is 0.0292. The van der Waals surface area contributed by atoms with E-state index in [1.54, 1.807) is 20.8 Å². The fourth-order valence-electron chi connectivity index (χ4n) is 9.23. The molecule has 2 aromatic heterocycles. The molecule has 9 rings (SSSR count). The fraction of sp³-hybridized carbons (Fsp3) is 0.487. The molecule has 7 heterocycles. The Morgan fingerprint density at radius 2 is 1.89 bits per heavy atom. The van der Waals surface area contributed by atoms with Crippen LogP contribution in [0.3, 0.4) is 0 Å². The van der Waals surface area contributed by atoms with E-state index in [4.69, 9.17) is 19.2 Å². The van der Waals surface area contributed by atoms with Gasteiger partial charge < -0.3 is 24.4 Å². The molecule has 0 spiro atoms. The summed E-state index contributed by atoms with van der Waals surface area (Å²) >= 11 is 0. The number of carbonyl (C=O) groups is 1. The Hall–Kier alpha value is -4.83. The Balaban J connectivity index is 1.25. The summed E-state index contributed by atoms with van der Waals surface area (Å²) in [5.41, 5.74) is -2.60. The molecule has 4 aromatic rings. The zero-order valence-corrected chi connectivity index (χ0v) is 30.7. The quantitative estimate of drug-likeness (QED) is 0.163. The van der Waals surface area contributed by atoms with Crippen LogP contribution in [0.4, 0.5) is 38.3 Å². The zero-order chi connectivity index (χ0) is 38.7. The molecule has 0 aliphatic carbocycles. The summed E-state index contributed by atoms with van der Waals surface area (Å²) in [4.78, 5) is 30.9. The maximum Gasteiger partial charge on any atom is 0.412 e. The Morgan fingerprint density at radius 3 is 2.67 bits per heavy atom. The topological polar surface area (TPSA) is 114 Å². The summed E-state index contributed by atoms with van der Waals surface area (Å²) in [5, 5.41) is 5.04. The van der Waals surface area contributed by atoms with Gasteiger partial charge in [-0.25, -0.2) is 31.7 Å². The number of fused-ring (bicyclic) bond motifs is 7. The van der Waals surface area contributed by atoms with Crippen LogP contribution in [0.15, 0.2) is 30.4 Å². The fourth-order valence-corrected chi connectivity index (χ4v) is 9.23. The van der Waals surface area contributed by atoms with Crippen molar-refractivity contribution in [3.05, 3.63) is 53.6 Å². The minimum Gasteiger partial charge on any atom is -0.472 e. The lowest BCUT2D eigenvalue weighted by Gasteiger charge is -2.42. The molecule has 2 aromatic carbocycles. The molecule has 5 aliphatic heterocycles. The van der Waals surface area contributed by atoms with E-state index in [9.17, 15) is 13.6 Å². The van der Waals surface area contributed by atoms with E-state index < -0.39 is 74.9 Å². The van der Waals surface area contributed by atoms with Gasteiger partial charge in [0.05, 0.1) is 17.3 Å². The van der Waals surface area contributed by atoms with Crippen LogP contribution in [-0.4, -0.2) is 93.7 Å². The summed E-state index contributed by atoms with van der Waals surface area (Å²) in [5.74, 6) is -4.69. The molecule has 1 amide bonds. The number of carbonyl (C=O) groups excluding carboxylic acids is 1. The van der Waals surface area contributed by atoms with E-state index in [1.807, 2.05) is 11.8 Å². The first-order valence-corrected chi connectivity index (χ1v) is 18.5. The molecule has 11 nitrogen and oxygen atoms in total. The second kappa shape index (κ2) is 12.6. The average molecular weight is 766 g/mol. The maximum absolute atomic E-state index is 17.4. The van der Waals surface area contributed by atoms with Crippen LogP contribution < -0.4 is 25.0 Å². The number of benzene rings is 2. The zero-order valence-electron chi connectivity index (χ0n) is 30.7. The molecule has 1 unspecified atom stereocenters. The van der Waals surface area contributed by atoms with Crippen molar-refractivity contribution in [1.29, 1.82) is 0 Å². The molecule has 2 N–H and O–H groups in total. The largest absolute Gasteiger partial charge is 0.472 e. The number of nitrogens with one attached hydrogen (secondary N) is 2. The number of anilines is 2. The van der Waals surface area contributed by atoms with Gasteiger partial charge in [-0.2, -0.15) is 9.97 Å². The van der Waals surface area contributed by atoms with Gasteiger partial charge in [-0.1, -0.05) is 12.2 Å². The molecule has 2 bridgehead atoms. The van der Waals surface area contributed by atoms with Crippen LogP contribution in [0.1, 0.15) is 53.4 Å². The first-order chi connectivity index (χ1) is 26.1. The molecule has 4 fully saturated rings. The lowest BCUT2D eigenvalue weighted by atomic mass is 9.90. The van der Waals surface area contributed by atoms with Crippen molar-refractivity contribution in [2.45, 2.75) is 94.9 Å². The predicted octanol–water partition coefficient (Wildman–Crippen LogP) is 6.96. The Kier molecular flexibility index (Phi) is 8.21. The molecule has 4 saturated heterocycles. The Labute approximate surface area is 313 Å². The molecular formula is C39H40F5N7O4. The predicted molar refractivity (Wildman–Crippen MR) is 194 cm³/mol. The molecule has 0 saturated carbocycles. The van der Waals surface area contributed by atoms with Crippen molar-refractivity contribution in [2.75, 3.05) is 36.5 Å². The molecule has 55 heavy (non-hydrogen) atoms. The molecule has 0 radical (unpaired) electrons. The maximum atomic E-state index is 17.4. The highest BCUT2D eigenvalue weighted by molar-refractivity contribution is 6.04. The smallest absolute Gasteiger partial charge is 0.412 e. The van der Waals surface area contributed by atoms with Crippen LogP contribution in [-0.2, 0) is 4.74 Å². The van der Waals surface area contributed by atoms with Crippen molar-refractivity contribution < 1.29 is 41.0 Å². The second-order valence-corrected chi connectivity index (χ2v) is 16.3. The number of pyridine rings is 1. The van der Waals surface area contributed by atoms with Gasteiger partial charge in [0.15, 0.2) is 23.3 Å². The van der Waals surface area contributed by atoms with Crippen LogP contribution in [0.2, 0.25) is 0 Å². The highest BCUT2D eigenvalue weighted by Gasteiger charge is 2.52. The molecule has 6 atom stereocenters. The van der Waals surface area contributed by atoms with Crippen LogP contribution in [0, 0.1) is 23.3 Å². The normalized spacial score (nSPS) is 27.3. The summed E-state index contributed by atoms with van der Waals surface area (Å²) < 4.78 is 97.0. The SMILES string of the molecule is C=C1CCN2C[C@H](F)CC12COc1nc2c3c(nc(-c4cc(NC(=O)OC(C)(C)C)c(F)c5ccc(F)c(F)c45)c(F)c3n1)O[C@@H](C)[C@@H]1[C@@H]3CC[C@H](CN21)N3. The van der Waals surface area contributed by atoms with E-state index in [2.05, 4.69) is 32.1 Å². The number of alkyl halides is 1. The first-order valence-electron chi connectivity index (χ1n) is 18.5. The number of ether oxygens (including phenoxy) is 3. The lowest BCUT2D eigenvalue weighted by Crippen LogP contribution is -2.62. The van der Waals surface area contributed by atoms with Crippen molar-refractivity contribution in [2.24, 2.45) is 0 Å². The third-order valence-corrected chi connectivity index (χ3v) is 11.6. The third-order valence-electron chi connectivity index (χ3n) is 11.6. The van der Waals surface area contributed by atoms with Gasteiger partial charge in [0.1, 0.15) is 46.9 Å². The number of hydrogen-bond donors (Lipinski definition) is 2. The van der Waals surface area contributed by atoms with Crippen LogP contribution in [0.5, 0.6) is 11.9 Å². The van der Waals surface area contributed by atoms with E-state index >= 15 is 13.2 Å². The minimum absolute atomic E-state index is 0.00981. The molecule has 5 aliphatic rings. The number of aromatic nitrogens is 3. The monoisotopic (exact) mass is 765 g/mol. The second-order valence-electron chi connectivity index (χ2n) is 16.3. The van der Waals surface area contributed by atoms with Gasteiger partial charge in [0, 0.05) is 54.5 Å². The van der Waals surface area contributed by atoms with E-state index in [0.717, 1.165) is 36.6 Å². The summed E-state index contributed by atoms with van der Waals surface area (Å²) in [6, 6.07) is 2.40. The number of nitrogens with zero attached hydrogens (tertiary/aromatic N) is 5. The average Bonchev–Trinajstić information content (AvgIpc) is 3.73. The lowest BCUT2D eigenvalue weighted by molar-refractivity contribution is 0.0635. The Morgan fingerprint density at radius 1 is 1.09 bits per heavy atom.